The first kappa shape index (κ1) is 25.7. The highest BCUT2D eigenvalue weighted by Crippen LogP contribution is 2.22. The number of carbonyl (C=O) groups is 2. The van der Waals surface area contributed by atoms with Crippen LogP contribution in [0.3, 0.4) is 0 Å². The Morgan fingerprint density at radius 2 is 1.74 bits per heavy atom. The molecule has 2 amide bonds. The number of rotatable bonds is 8. The number of hydrogen-bond donors (Lipinski definition) is 2. The van der Waals surface area contributed by atoms with E-state index in [2.05, 4.69) is 10.0 Å². The molecule has 0 radical (unpaired) electrons. The van der Waals surface area contributed by atoms with Crippen molar-refractivity contribution in [1.29, 1.82) is 0 Å². The van der Waals surface area contributed by atoms with Crippen LogP contribution >= 0.6 is 0 Å². The van der Waals surface area contributed by atoms with Crippen LogP contribution in [-0.2, 0) is 14.8 Å². The number of nitrogens with one attached hydrogen (secondary N) is 2. The van der Waals surface area contributed by atoms with Crippen molar-refractivity contribution in [3.8, 4) is 0 Å². The third kappa shape index (κ3) is 6.57. The lowest BCUT2D eigenvalue weighted by Gasteiger charge is -2.34. The van der Waals surface area contributed by atoms with E-state index in [4.69, 9.17) is 0 Å². The molecule has 0 bridgehead atoms. The Balaban J connectivity index is 1.62. The largest absolute Gasteiger partial charge is 0.353 e. The number of carbonyl (C=O) groups excluding carboxylic acids is 2. The van der Waals surface area contributed by atoms with E-state index in [-0.39, 0.29) is 22.8 Å². The SMILES string of the molecule is CCC(C)NC(=O)CN1CCN(C(=O)c2cccc(NS(=O)(=O)c3cc(C)ccc3C)c2)CC1. The smallest absolute Gasteiger partial charge is 0.262 e. The van der Waals surface area contributed by atoms with Crippen LogP contribution in [0.25, 0.3) is 0 Å². The topological polar surface area (TPSA) is 98.8 Å². The lowest BCUT2D eigenvalue weighted by atomic mass is 10.1. The van der Waals surface area contributed by atoms with E-state index in [9.17, 15) is 18.0 Å². The minimum Gasteiger partial charge on any atom is -0.353 e. The fourth-order valence-corrected chi connectivity index (χ4v) is 5.22. The van der Waals surface area contributed by atoms with Crippen molar-refractivity contribution < 1.29 is 18.0 Å². The summed E-state index contributed by atoms with van der Waals surface area (Å²) < 4.78 is 28.4. The summed E-state index contributed by atoms with van der Waals surface area (Å²) in [4.78, 5) is 29.2. The Bertz CT molecular complexity index is 1140. The van der Waals surface area contributed by atoms with Gasteiger partial charge in [0, 0.05) is 43.5 Å². The first-order valence-corrected chi connectivity index (χ1v) is 13.1. The van der Waals surface area contributed by atoms with Gasteiger partial charge >= 0.3 is 0 Å². The summed E-state index contributed by atoms with van der Waals surface area (Å²) in [6, 6.07) is 12.0. The average molecular weight is 487 g/mol. The van der Waals surface area contributed by atoms with Crippen LogP contribution in [0.4, 0.5) is 5.69 Å². The summed E-state index contributed by atoms with van der Waals surface area (Å²) in [5.41, 5.74) is 2.27. The molecule has 1 heterocycles. The maximum atomic E-state index is 13.1. The molecule has 1 atom stereocenters. The van der Waals surface area contributed by atoms with E-state index >= 15 is 0 Å². The van der Waals surface area contributed by atoms with Crippen molar-refractivity contribution >= 4 is 27.5 Å². The Morgan fingerprint density at radius 1 is 1.03 bits per heavy atom. The van der Waals surface area contributed by atoms with Gasteiger partial charge in [0.2, 0.25) is 5.91 Å². The maximum Gasteiger partial charge on any atom is 0.262 e. The molecule has 3 rings (SSSR count). The molecule has 1 aliphatic rings. The molecule has 0 saturated carbocycles. The van der Waals surface area contributed by atoms with Crippen LogP contribution < -0.4 is 10.0 Å². The van der Waals surface area contributed by atoms with Crippen molar-refractivity contribution in [2.45, 2.75) is 45.1 Å². The summed E-state index contributed by atoms with van der Waals surface area (Å²) in [5, 5.41) is 2.96. The number of nitrogens with zero attached hydrogens (tertiary/aromatic N) is 2. The zero-order valence-corrected chi connectivity index (χ0v) is 21.1. The molecule has 2 aromatic carbocycles. The van der Waals surface area contributed by atoms with E-state index in [1.165, 1.54) is 0 Å². The number of anilines is 1. The van der Waals surface area contributed by atoms with Gasteiger partial charge in [0.1, 0.15) is 0 Å². The second-order valence-electron chi connectivity index (χ2n) is 8.90. The molecular formula is C25H34N4O4S. The molecule has 0 spiro atoms. The molecule has 1 fully saturated rings. The average Bonchev–Trinajstić information content (AvgIpc) is 2.80. The van der Waals surface area contributed by atoms with Gasteiger partial charge in [-0.15, -0.1) is 0 Å². The zero-order valence-electron chi connectivity index (χ0n) is 20.3. The molecule has 1 unspecified atom stereocenters. The summed E-state index contributed by atoms with van der Waals surface area (Å²) in [6.07, 6.45) is 0.883. The number of amides is 2. The lowest BCUT2D eigenvalue weighted by Crippen LogP contribution is -2.51. The first-order chi connectivity index (χ1) is 16.1. The summed E-state index contributed by atoms with van der Waals surface area (Å²) in [5.74, 6) is -0.158. The highest BCUT2D eigenvalue weighted by Gasteiger charge is 2.24. The van der Waals surface area contributed by atoms with E-state index in [0.29, 0.717) is 49.5 Å². The van der Waals surface area contributed by atoms with Crippen molar-refractivity contribution in [2.75, 3.05) is 37.4 Å². The summed E-state index contributed by atoms with van der Waals surface area (Å²) in [7, 11) is -3.78. The Kier molecular flexibility index (Phi) is 8.33. The van der Waals surface area contributed by atoms with Gasteiger partial charge in [-0.05, 0) is 62.6 Å². The molecule has 0 aliphatic carbocycles. The lowest BCUT2D eigenvalue weighted by molar-refractivity contribution is -0.123. The number of sulfonamides is 1. The zero-order chi connectivity index (χ0) is 24.9. The van der Waals surface area contributed by atoms with Gasteiger partial charge in [-0.3, -0.25) is 19.2 Å². The van der Waals surface area contributed by atoms with Crippen LogP contribution in [0, 0.1) is 13.8 Å². The van der Waals surface area contributed by atoms with Crippen molar-refractivity contribution in [1.82, 2.24) is 15.1 Å². The standard InChI is InChI=1S/C25H34N4O4S/c1-5-20(4)26-24(30)17-28-11-13-29(14-12-28)25(31)21-7-6-8-22(16-21)27-34(32,33)23-15-18(2)9-10-19(23)3/h6-10,15-16,20,27H,5,11-14,17H2,1-4H3,(H,26,30). The van der Waals surface area contributed by atoms with Gasteiger partial charge in [-0.1, -0.05) is 25.1 Å². The molecule has 1 saturated heterocycles. The van der Waals surface area contributed by atoms with Gasteiger partial charge in [0.15, 0.2) is 0 Å². The number of benzene rings is 2. The third-order valence-electron chi connectivity index (χ3n) is 6.04. The van der Waals surface area contributed by atoms with Crippen molar-refractivity contribution in [3.63, 3.8) is 0 Å². The Labute approximate surface area is 202 Å². The molecule has 9 heteroatoms. The first-order valence-electron chi connectivity index (χ1n) is 11.6. The molecular weight excluding hydrogens is 452 g/mol. The van der Waals surface area contributed by atoms with Crippen LogP contribution in [0.2, 0.25) is 0 Å². The van der Waals surface area contributed by atoms with Crippen LogP contribution in [0.1, 0.15) is 41.8 Å². The van der Waals surface area contributed by atoms with Gasteiger partial charge in [-0.25, -0.2) is 8.42 Å². The van der Waals surface area contributed by atoms with Gasteiger partial charge < -0.3 is 10.2 Å². The fourth-order valence-electron chi connectivity index (χ4n) is 3.84. The van der Waals surface area contributed by atoms with E-state index in [1.54, 1.807) is 48.2 Å². The normalized spacial score (nSPS) is 15.6. The minimum atomic E-state index is -3.78. The number of piperazine rings is 1. The molecule has 184 valence electrons. The third-order valence-corrected chi connectivity index (χ3v) is 7.56. The monoisotopic (exact) mass is 486 g/mol. The second-order valence-corrected chi connectivity index (χ2v) is 10.6. The van der Waals surface area contributed by atoms with Gasteiger partial charge in [0.05, 0.1) is 11.4 Å². The quantitative estimate of drug-likeness (QED) is 0.598. The highest BCUT2D eigenvalue weighted by atomic mass is 32.2. The molecule has 8 nitrogen and oxygen atoms in total. The maximum absolute atomic E-state index is 13.1. The number of aryl methyl sites for hydroxylation is 2. The number of hydrogen-bond acceptors (Lipinski definition) is 5. The summed E-state index contributed by atoms with van der Waals surface area (Å²) >= 11 is 0. The fraction of sp³-hybridized carbons (Fsp3) is 0.440. The van der Waals surface area contributed by atoms with E-state index in [0.717, 1.165) is 12.0 Å². The van der Waals surface area contributed by atoms with Gasteiger partial charge in [-0.2, -0.15) is 0 Å². The molecule has 2 N–H and O–H groups in total. The molecule has 1 aliphatic heterocycles. The Hall–Kier alpha value is -2.91. The van der Waals surface area contributed by atoms with Crippen LogP contribution in [-0.4, -0.2) is 68.8 Å². The molecule has 2 aromatic rings. The predicted molar refractivity (Wildman–Crippen MR) is 133 cm³/mol. The second kappa shape index (κ2) is 11.0. The van der Waals surface area contributed by atoms with Crippen molar-refractivity contribution in [3.05, 3.63) is 59.2 Å². The van der Waals surface area contributed by atoms with Crippen molar-refractivity contribution in [2.24, 2.45) is 0 Å². The van der Waals surface area contributed by atoms with E-state index < -0.39 is 10.0 Å². The highest BCUT2D eigenvalue weighted by molar-refractivity contribution is 7.92. The predicted octanol–water partition coefficient (Wildman–Crippen LogP) is 2.78. The molecule has 34 heavy (non-hydrogen) atoms. The van der Waals surface area contributed by atoms with Crippen LogP contribution in [0.15, 0.2) is 47.4 Å². The van der Waals surface area contributed by atoms with E-state index in [1.807, 2.05) is 31.7 Å². The summed E-state index contributed by atoms with van der Waals surface area (Å²) in [6.45, 7) is 10.2. The minimum absolute atomic E-state index is 0.00189. The van der Waals surface area contributed by atoms with Gasteiger partial charge in [0.25, 0.3) is 15.9 Å². The van der Waals surface area contributed by atoms with Crippen LogP contribution in [0.5, 0.6) is 0 Å². The molecule has 0 aromatic heterocycles. The Morgan fingerprint density at radius 3 is 2.41 bits per heavy atom.